The number of hydrogen-bond acceptors (Lipinski definition) is 4. The summed E-state index contributed by atoms with van der Waals surface area (Å²) >= 11 is 0. The van der Waals surface area contributed by atoms with Crippen LogP contribution in [0.25, 0.3) is 11.1 Å². The number of aliphatic hydroxyl groups is 1. The van der Waals surface area contributed by atoms with Gasteiger partial charge in [0.05, 0.1) is 22.6 Å². The van der Waals surface area contributed by atoms with Crippen molar-refractivity contribution in [2.75, 3.05) is 0 Å². The average Bonchev–Trinajstić information content (AvgIpc) is 3.23. The Hall–Kier alpha value is -2.29. The standard InChI is InChI=1S/C17H17F3N2O4/c1-8(23)16-4-2-9(3-5-16)22(16)15(25)12-6-10-11(17(18,19)20)7-13(24)21-14(10)26-12/h6-9,23H,2-5H2,1H3,(H,21,24). The Labute approximate surface area is 145 Å². The van der Waals surface area contributed by atoms with E-state index in [4.69, 9.17) is 4.42 Å². The summed E-state index contributed by atoms with van der Waals surface area (Å²) in [7, 11) is 0. The van der Waals surface area contributed by atoms with Crippen molar-refractivity contribution < 1.29 is 27.5 Å². The highest BCUT2D eigenvalue weighted by atomic mass is 19.4. The first-order valence-corrected chi connectivity index (χ1v) is 8.39. The van der Waals surface area contributed by atoms with Gasteiger partial charge < -0.3 is 14.4 Å². The molecule has 0 spiro atoms. The number of aromatic nitrogens is 1. The number of nitrogens with one attached hydrogen (secondary N) is 1. The zero-order valence-electron chi connectivity index (χ0n) is 13.9. The summed E-state index contributed by atoms with van der Waals surface area (Å²) in [6.45, 7) is 1.62. The Morgan fingerprint density at radius 3 is 2.62 bits per heavy atom. The average molecular weight is 370 g/mol. The molecule has 2 saturated heterocycles. The minimum Gasteiger partial charge on any atom is -0.434 e. The van der Waals surface area contributed by atoms with Crippen LogP contribution in [0.2, 0.25) is 0 Å². The lowest BCUT2D eigenvalue weighted by molar-refractivity contribution is -0.136. The molecule has 0 saturated carbocycles. The Kier molecular flexibility index (Phi) is 3.53. The van der Waals surface area contributed by atoms with Crippen molar-refractivity contribution in [3.05, 3.63) is 33.8 Å². The van der Waals surface area contributed by atoms with E-state index in [1.165, 1.54) is 0 Å². The topological polar surface area (TPSA) is 86.5 Å². The maximum atomic E-state index is 13.2. The summed E-state index contributed by atoms with van der Waals surface area (Å²) in [5, 5.41) is 9.84. The first kappa shape index (κ1) is 17.1. The lowest BCUT2D eigenvalue weighted by Crippen LogP contribution is -2.51. The molecule has 140 valence electrons. The van der Waals surface area contributed by atoms with Crippen LogP contribution in [0.5, 0.6) is 0 Å². The van der Waals surface area contributed by atoms with Crippen molar-refractivity contribution >= 4 is 17.0 Å². The van der Waals surface area contributed by atoms with E-state index in [1.807, 2.05) is 0 Å². The molecule has 1 unspecified atom stereocenters. The summed E-state index contributed by atoms with van der Waals surface area (Å²) in [4.78, 5) is 28.2. The molecule has 26 heavy (non-hydrogen) atoms. The van der Waals surface area contributed by atoms with E-state index < -0.39 is 34.8 Å². The van der Waals surface area contributed by atoms with Crippen LogP contribution in [0.3, 0.4) is 0 Å². The number of alkyl halides is 3. The molecule has 0 radical (unpaired) electrons. The number of rotatable bonds is 2. The van der Waals surface area contributed by atoms with E-state index in [2.05, 4.69) is 4.98 Å². The number of H-pyrrole nitrogens is 1. The number of carbonyl (C=O) groups is 1. The number of aliphatic hydroxyl groups excluding tert-OH is 1. The lowest BCUT2D eigenvalue weighted by atomic mass is 9.83. The molecule has 2 fully saturated rings. The second-order valence-corrected chi connectivity index (χ2v) is 7.08. The highest BCUT2D eigenvalue weighted by Crippen LogP contribution is 2.49. The van der Waals surface area contributed by atoms with Crippen molar-refractivity contribution in [1.82, 2.24) is 9.88 Å². The summed E-state index contributed by atoms with van der Waals surface area (Å²) < 4.78 is 44.8. The van der Waals surface area contributed by atoms with Gasteiger partial charge in [-0.2, -0.15) is 13.2 Å². The van der Waals surface area contributed by atoms with Crippen molar-refractivity contribution in [1.29, 1.82) is 0 Å². The fourth-order valence-corrected chi connectivity index (χ4v) is 4.45. The molecule has 4 heterocycles. The largest absolute Gasteiger partial charge is 0.434 e. The van der Waals surface area contributed by atoms with E-state index in [1.54, 1.807) is 11.8 Å². The fourth-order valence-electron chi connectivity index (χ4n) is 4.45. The molecule has 2 aromatic rings. The quantitative estimate of drug-likeness (QED) is 0.851. The van der Waals surface area contributed by atoms with Crippen LogP contribution in [0.4, 0.5) is 13.2 Å². The Morgan fingerprint density at radius 2 is 2.04 bits per heavy atom. The zero-order valence-corrected chi connectivity index (χ0v) is 13.9. The van der Waals surface area contributed by atoms with Crippen molar-refractivity contribution in [3.8, 4) is 0 Å². The molecular formula is C17H17F3N2O4. The summed E-state index contributed by atoms with van der Waals surface area (Å²) in [5.74, 6) is -0.831. The van der Waals surface area contributed by atoms with Gasteiger partial charge in [-0.05, 0) is 38.7 Å². The van der Waals surface area contributed by atoms with Gasteiger partial charge in [-0.3, -0.25) is 14.6 Å². The third kappa shape index (κ3) is 2.29. The van der Waals surface area contributed by atoms with Crippen LogP contribution in [0.15, 0.2) is 21.3 Å². The molecular weight excluding hydrogens is 353 g/mol. The SMILES string of the molecule is CC(O)C12CCC(CC1)N2C(=O)c1cc2c(C(F)(F)F)cc(=O)[nH]c2o1. The third-order valence-corrected chi connectivity index (χ3v) is 5.71. The number of furan rings is 1. The number of amides is 1. The second-order valence-electron chi connectivity index (χ2n) is 7.08. The third-order valence-electron chi connectivity index (χ3n) is 5.71. The minimum absolute atomic E-state index is 0.0635. The number of nitrogens with zero attached hydrogens (tertiary/aromatic N) is 1. The van der Waals surface area contributed by atoms with E-state index in [9.17, 15) is 27.9 Å². The number of pyridine rings is 1. The van der Waals surface area contributed by atoms with Gasteiger partial charge >= 0.3 is 6.18 Å². The molecule has 2 bridgehead atoms. The van der Waals surface area contributed by atoms with Crippen molar-refractivity contribution in [3.63, 3.8) is 0 Å². The normalized spacial score (nSPS) is 26.7. The molecule has 9 heteroatoms. The number of fused-ring (bicyclic) bond motifs is 3. The molecule has 2 aliphatic heterocycles. The van der Waals surface area contributed by atoms with Crippen molar-refractivity contribution in [2.24, 2.45) is 0 Å². The molecule has 2 N–H and O–H groups in total. The molecule has 0 aromatic carbocycles. The minimum atomic E-state index is -4.75. The van der Waals surface area contributed by atoms with Crippen LogP contribution in [-0.4, -0.2) is 38.6 Å². The molecule has 1 amide bonds. The smallest absolute Gasteiger partial charge is 0.417 e. The summed E-state index contributed by atoms with van der Waals surface area (Å²) in [5.41, 5.74) is -3.19. The summed E-state index contributed by atoms with van der Waals surface area (Å²) in [6.07, 6.45) is -2.74. The Morgan fingerprint density at radius 1 is 1.38 bits per heavy atom. The van der Waals surface area contributed by atoms with Crippen LogP contribution >= 0.6 is 0 Å². The van der Waals surface area contributed by atoms with Crippen molar-refractivity contribution in [2.45, 2.75) is 56.5 Å². The number of aromatic amines is 1. The monoisotopic (exact) mass is 370 g/mol. The molecule has 4 rings (SSSR count). The highest BCUT2D eigenvalue weighted by Gasteiger charge is 2.56. The Bertz CT molecular complexity index is 936. The highest BCUT2D eigenvalue weighted by molar-refractivity contribution is 5.97. The van der Waals surface area contributed by atoms with Crippen LogP contribution in [-0.2, 0) is 6.18 Å². The van der Waals surface area contributed by atoms with Gasteiger partial charge in [0.2, 0.25) is 5.71 Å². The van der Waals surface area contributed by atoms with Crippen LogP contribution in [0, 0.1) is 0 Å². The van der Waals surface area contributed by atoms with Gasteiger partial charge in [0.15, 0.2) is 5.76 Å². The maximum absolute atomic E-state index is 13.2. The van der Waals surface area contributed by atoms with Gasteiger partial charge in [-0.15, -0.1) is 0 Å². The van der Waals surface area contributed by atoms with Crippen LogP contribution < -0.4 is 5.56 Å². The maximum Gasteiger partial charge on any atom is 0.417 e. The van der Waals surface area contributed by atoms with E-state index in [0.717, 1.165) is 18.9 Å². The molecule has 2 aromatic heterocycles. The molecule has 6 nitrogen and oxygen atoms in total. The Balaban J connectivity index is 1.81. The molecule has 0 aliphatic carbocycles. The number of halogens is 3. The van der Waals surface area contributed by atoms with Crippen LogP contribution in [0.1, 0.15) is 48.7 Å². The van der Waals surface area contributed by atoms with Gasteiger partial charge in [0.1, 0.15) is 0 Å². The number of hydrogen-bond donors (Lipinski definition) is 2. The van der Waals surface area contributed by atoms with E-state index in [0.29, 0.717) is 18.9 Å². The molecule has 1 atom stereocenters. The lowest BCUT2D eigenvalue weighted by Gasteiger charge is -2.37. The predicted octanol–water partition coefficient (Wildman–Crippen LogP) is 2.66. The first-order chi connectivity index (χ1) is 12.1. The summed E-state index contributed by atoms with van der Waals surface area (Å²) in [6, 6.07) is 1.40. The van der Waals surface area contributed by atoms with Gasteiger partial charge in [-0.25, -0.2) is 0 Å². The zero-order chi connectivity index (χ0) is 18.9. The van der Waals surface area contributed by atoms with Gasteiger partial charge in [-0.1, -0.05) is 0 Å². The number of carbonyl (C=O) groups excluding carboxylic acids is 1. The van der Waals surface area contributed by atoms with E-state index in [-0.39, 0.29) is 22.9 Å². The van der Waals surface area contributed by atoms with Gasteiger partial charge in [0, 0.05) is 12.1 Å². The fraction of sp³-hybridized carbons (Fsp3) is 0.529. The second kappa shape index (κ2) is 5.35. The van der Waals surface area contributed by atoms with E-state index >= 15 is 0 Å². The van der Waals surface area contributed by atoms with Gasteiger partial charge in [0.25, 0.3) is 11.5 Å². The first-order valence-electron chi connectivity index (χ1n) is 8.39. The molecule has 2 aliphatic rings. The predicted molar refractivity (Wildman–Crippen MR) is 84.7 cm³/mol.